The molecule has 0 atom stereocenters. The minimum atomic E-state index is 0.573. The maximum absolute atomic E-state index is 6.05. The first-order valence-corrected chi connectivity index (χ1v) is 7.63. The van der Waals surface area contributed by atoms with E-state index >= 15 is 0 Å². The van der Waals surface area contributed by atoms with Crippen molar-refractivity contribution in [2.24, 2.45) is 5.73 Å². The van der Waals surface area contributed by atoms with E-state index in [9.17, 15) is 0 Å². The van der Waals surface area contributed by atoms with Crippen LogP contribution in [0.4, 0.5) is 34.1 Å². The molecule has 0 unspecified atom stereocenters. The first kappa shape index (κ1) is 17.1. The van der Waals surface area contributed by atoms with Crippen LogP contribution in [-0.2, 0) is 0 Å². The van der Waals surface area contributed by atoms with Gasteiger partial charge in [-0.1, -0.05) is 12.2 Å². The van der Waals surface area contributed by atoms with Crippen LogP contribution in [0.3, 0.4) is 0 Å². The summed E-state index contributed by atoms with van der Waals surface area (Å²) in [5.74, 6) is 0. The van der Waals surface area contributed by atoms with Crippen molar-refractivity contribution in [3.63, 3.8) is 0 Å². The Bertz CT molecular complexity index is 747. The molecule has 0 aliphatic heterocycles. The van der Waals surface area contributed by atoms with Crippen molar-refractivity contribution in [2.45, 2.75) is 6.92 Å². The Labute approximate surface area is 142 Å². The summed E-state index contributed by atoms with van der Waals surface area (Å²) < 4.78 is 0. The van der Waals surface area contributed by atoms with Crippen LogP contribution >= 0.6 is 0 Å². The summed E-state index contributed by atoms with van der Waals surface area (Å²) in [6.45, 7) is 2.49. The predicted molar refractivity (Wildman–Crippen MR) is 105 cm³/mol. The third-order valence-electron chi connectivity index (χ3n) is 3.47. The molecule has 0 saturated heterocycles. The lowest BCUT2D eigenvalue weighted by atomic mass is 10.2. The van der Waals surface area contributed by atoms with Crippen LogP contribution in [0.1, 0.15) is 6.92 Å². The molecule has 0 saturated carbocycles. The lowest BCUT2D eigenvalue weighted by molar-refractivity contribution is 1.31. The molecule has 0 fully saturated rings. The fourth-order valence-electron chi connectivity index (χ4n) is 2.08. The Hall–Kier alpha value is -3.28. The maximum Gasteiger partial charge on any atom is 0.0640 e. The molecule has 0 aliphatic rings. The average Bonchev–Trinajstić information content (AvgIpc) is 2.57. The second-order valence-corrected chi connectivity index (χ2v) is 5.35. The zero-order chi connectivity index (χ0) is 17.5. The molecule has 0 amide bonds. The fourth-order valence-corrected chi connectivity index (χ4v) is 2.08. The third-order valence-corrected chi connectivity index (χ3v) is 3.47. The van der Waals surface area contributed by atoms with E-state index in [4.69, 9.17) is 22.9 Å². The third kappa shape index (κ3) is 4.61. The van der Waals surface area contributed by atoms with Crippen molar-refractivity contribution in [3.8, 4) is 0 Å². The molecule has 10 N–H and O–H groups in total. The Morgan fingerprint density at radius 1 is 1.00 bits per heavy atom. The Kier molecular flexibility index (Phi) is 5.57. The first-order chi connectivity index (χ1) is 11.5. The molecular formula is C18H24N6. The van der Waals surface area contributed by atoms with Crippen molar-refractivity contribution < 1.29 is 0 Å². The van der Waals surface area contributed by atoms with Crippen molar-refractivity contribution in [1.82, 2.24) is 0 Å². The number of rotatable bonds is 6. The zero-order valence-electron chi connectivity index (χ0n) is 13.7. The van der Waals surface area contributed by atoms with Crippen LogP contribution < -0.4 is 33.6 Å². The lowest BCUT2D eigenvalue weighted by Gasteiger charge is -2.14. The summed E-state index contributed by atoms with van der Waals surface area (Å²) in [6, 6.07) is 11.0. The van der Waals surface area contributed by atoms with E-state index in [1.807, 2.05) is 55.5 Å². The van der Waals surface area contributed by atoms with E-state index in [0.717, 1.165) is 17.1 Å². The molecule has 2 rings (SSSR count). The molecular weight excluding hydrogens is 300 g/mol. The number of hydrogen-bond donors (Lipinski definition) is 6. The van der Waals surface area contributed by atoms with E-state index in [-0.39, 0.29) is 0 Å². The lowest BCUT2D eigenvalue weighted by Crippen LogP contribution is -2.05. The van der Waals surface area contributed by atoms with Crippen LogP contribution in [0.2, 0.25) is 0 Å². The molecule has 2 aromatic rings. The molecule has 6 heteroatoms. The highest BCUT2D eigenvalue weighted by atomic mass is 14.9. The number of nitrogens with one attached hydrogen (secondary N) is 2. The number of nitrogen functional groups attached to an aromatic ring is 3. The van der Waals surface area contributed by atoms with Gasteiger partial charge in [-0.25, -0.2) is 0 Å². The second kappa shape index (κ2) is 7.82. The largest absolute Gasteiger partial charge is 0.399 e. The predicted octanol–water partition coefficient (Wildman–Crippen LogP) is 3.01. The van der Waals surface area contributed by atoms with Gasteiger partial charge in [-0.3, -0.25) is 0 Å². The zero-order valence-corrected chi connectivity index (χ0v) is 13.7. The van der Waals surface area contributed by atoms with E-state index < -0.39 is 0 Å². The van der Waals surface area contributed by atoms with Crippen molar-refractivity contribution >= 4 is 34.1 Å². The summed E-state index contributed by atoms with van der Waals surface area (Å²) in [5.41, 5.74) is 28.5. The molecule has 126 valence electrons. The van der Waals surface area contributed by atoms with Crippen molar-refractivity contribution in [2.75, 3.05) is 34.4 Å². The molecule has 0 bridgehead atoms. The van der Waals surface area contributed by atoms with E-state index in [2.05, 4.69) is 10.6 Å². The van der Waals surface area contributed by atoms with Gasteiger partial charge in [0.15, 0.2) is 0 Å². The maximum atomic E-state index is 6.05. The Morgan fingerprint density at radius 2 is 1.67 bits per heavy atom. The summed E-state index contributed by atoms with van der Waals surface area (Å²) in [5, 5.41) is 6.51. The summed E-state index contributed by atoms with van der Waals surface area (Å²) >= 11 is 0. The topological polar surface area (TPSA) is 128 Å². The van der Waals surface area contributed by atoms with Crippen molar-refractivity contribution in [1.29, 1.82) is 0 Å². The molecule has 0 spiro atoms. The van der Waals surface area contributed by atoms with E-state index in [1.165, 1.54) is 0 Å². The molecule has 0 heterocycles. The normalized spacial score (nSPS) is 11.6. The fraction of sp³-hybridized carbons (Fsp3) is 0.111. The SMILES string of the molecule is C/C=C(N)\C=C/CNc1cc(Nc2ccc(N)cc2)c(N)cc1N. The smallest absolute Gasteiger partial charge is 0.0640 e. The summed E-state index contributed by atoms with van der Waals surface area (Å²) in [4.78, 5) is 0. The second-order valence-electron chi connectivity index (χ2n) is 5.35. The van der Waals surface area contributed by atoms with Gasteiger partial charge < -0.3 is 33.6 Å². The highest BCUT2D eigenvalue weighted by Crippen LogP contribution is 2.31. The highest BCUT2D eigenvalue weighted by Gasteiger charge is 2.06. The van der Waals surface area contributed by atoms with Crippen molar-refractivity contribution in [3.05, 3.63) is 60.3 Å². The molecule has 6 nitrogen and oxygen atoms in total. The van der Waals surface area contributed by atoms with Gasteiger partial charge in [0, 0.05) is 23.6 Å². The minimum Gasteiger partial charge on any atom is -0.399 e. The van der Waals surface area contributed by atoms with Gasteiger partial charge in [-0.15, -0.1) is 0 Å². The summed E-state index contributed by atoms with van der Waals surface area (Å²) in [7, 11) is 0. The van der Waals surface area contributed by atoms with Crippen LogP contribution in [0.15, 0.2) is 60.3 Å². The van der Waals surface area contributed by atoms with Gasteiger partial charge in [0.1, 0.15) is 0 Å². The number of hydrogen-bond acceptors (Lipinski definition) is 6. The quantitative estimate of drug-likeness (QED) is 0.358. The minimum absolute atomic E-state index is 0.573. The first-order valence-electron chi connectivity index (χ1n) is 7.63. The number of allylic oxidation sites excluding steroid dienone is 2. The molecule has 0 aromatic heterocycles. The standard InChI is InChI=1S/C18H24N6/c1-2-12(19)4-3-9-23-17-11-18(16(22)10-15(17)21)24-14-7-5-13(20)6-8-14/h2-8,10-11,23-24H,9,19-22H2,1H3/b4-3-,12-2+. The molecule has 2 aromatic carbocycles. The monoisotopic (exact) mass is 324 g/mol. The number of benzene rings is 2. The average molecular weight is 324 g/mol. The number of anilines is 6. The van der Waals surface area contributed by atoms with Gasteiger partial charge in [0.25, 0.3) is 0 Å². The van der Waals surface area contributed by atoms with Gasteiger partial charge in [0.05, 0.1) is 22.7 Å². The molecule has 0 aliphatic carbocycles. The molecule has 24 heavy (non-hydrogen) atoms. The summed E-state index contributed by atoms with van der Waals surface area (Å²) in [6.07, 6.45) is 5.61. The van der Waals surface area contributed by atoms with Crippen LogP contribution in [0.25, 0.3) is 0 Å². The van der Waals surface area contributed by atoms with Gasteiger partial charge >= 0.3 is 0 Å². The Morgan fingerprint density at radius 3 is 2.33 bits per heavy atom. The van der Waals surface area contributed by atoms with E-state index in [1.54, 1.807) is 6.07 Å². The molecule has 0 radical (unpaired) electrons. The number of nitrogens with two attached hydrogens (primary N) is 4. The van der Waals surface area contributed by atoms with Crippen LogP contribution in [0.5, 0.6) is 0 Å². The van der Waals surface area contributed by atoms with Gasteiger partial charge in [-0.05, 0) is 49.4 Å². The van der Waals surface area contributed by atoms with Crippen LogP contribution in [-0.4, -0.2) is 6.54 Å². The van der Waals surface area contributed by atoms with Gasteiger partial charge in [-0.2, -0.15) is 0 Å². The van der Waals surface area contributed by atoms with Crippen LogP contribution in [0, 0.1) is 0 Å². The van der Waals surface area contributed by atoms with Gasteiger partial charge in [0.2, 0.25) is 0 Å². The van der Waals surface area contributed by atoms with E-state index in [0.29, 0.717) is 29.3 Å². The Balaban J connectivity index is 2.12. The highest BCUT2D eigenvalue weighted by molar-refractivity contribution is 5.84.